The lowest BCUT2D eigenvalue weighted by atomic mass is 9.78. The molecule has 2 atom stereocenters. The molecule has 1 aliphatic carbocycles. The fourth-order valence-corrected chi connectivity index (χ4v) is 5.08. The highest BCUT2D eigenvalue weighted by atomic mass is 32.1. The molecule has 156 valence electrons. The molecule has 1 saturated carbocycles. The van der Waals surface area contributed by atoms with E-state index in [-0.39, 0.29) is 17.8 Å². The van der Waals surface area contributed by atoms with Crippen LogP contribution < -0.4 is 5.32 Å². The first-order valence-corrected chi connectivity index (χ1v) is 10.8. The van der Waals surface area contributed by atoms with Crippen LogP contribution in [0, 0.1) is 10.1 Å². The number of carbonyl (C=O) groups is 1. The zero-order valence-corrected chi connectivity index (χ0v) is 17.0. The highest BCUT2D eigenvalue weighted by Crippen LogP contribution is 2.35. The van der Waals surface area contributed by atoms with Gasteiger partial charge in [-0.2, -0.15) is 0 Å². The molecule has 29 heavy (non-hydrogen) atoms. The molecule has 0 unspecified atom stereocenters. The third-order valence-corrected chi connectivity index (χ3v) is 6.60. The van der Waals surface area contributed by atoms with Gasteiger partial charge in [-0.25, -0.2) is 0 Å². The van der Waals surface area contributed by atoms with Crippen LogP contribution in [-0.4, -0.2) is 47.1 Å². The van der Waals surface area contributed by atoms with Crippen LogP contribution in [-0.2, 0) is 22.5 Å². The van der Waals surface area contributed by atoms with Gasteiger partial charge in [-0.1, -0.05) is 18.9 Å². The molecule has 0 radical (unpaired) electrons. The van der Waals surface area contributed by atoms with Crippen LogP contribution in [0.25, 0.3) is 0 Å². The predicted molar refractivity (Wildman–Crippen MR) is 108 cm³/mol. The first kappa shape index (κ1) is 20.1. The Morgan fingerprint density at radius 2 is 2.28 bits per heavy atom. The van der Waals surface area contributed by atoms with Gasteiger partial charge in [-0.15, -0.1) is 11.3 Å². The number of nitrogens with zero attached hydrogens (tertiary/aromatic N) is 2. The molecule has 2 aliphatic rings. The van der Waals surface area contributed by atoms with Gasteiger partial charge in [0.05, 0.1) is 31.7 Å². The van der Waals surface area contributed by atoms with Gasteiger partial charge in [0.25, 0.3) is 0 Å². The molecule has 1 N–H and O–H groups in total. The zero-order valence-electron chi connectivity index (χ0n) is 16.2. The largest absolute Gasteiger partial charge is 0.433 e. The molecule has 1 spiro atoms. The van der Waals surface area contributed by atoms with E-state index < -0.39 is 10.5 Å². The lowest BCUT2D eigenvalue weighted by molar-refractivity contribution is -0.402. The van der Waals surface area contributed by atoms with Crippen LogP contribution in [0.3, 0.4) is 0 Å². The molecular formula is C20H25N3O5S. The molecule has 0 bridgehead atoms. The molecule has 2 fully saturated rings. The van der Waals surface area contributed by atoms with Crippen LogP contribution >= 0.6 is 11.3 Å². The van der Waals surface area contributed by atoms with Crippen molar-refractivity contribution in [1.82, 2.24) is 10.2 Å². The maximum absolute atomic E-state index is 12.6. The number of amides is 1. The van der Waals surface area contributed by atoms with Gasteiger partial charge in [0.15, 0.2) is 0 Å². The molecule has 1 aliphatic heterocycles. The van der Waals surface area contributed by atoms with Crippen molar-refractivity contribution in [3.05, 3.63) is 50.4 Å². The third-order valence-electron chi connectivity index (χ3n) is 5.72. The minimum absolute atomic E-state index is 0.0288. The molecule has 9 heteroatoms. The van der Waals surface area contributed by atoms with Crippen molar-refractivity contribution >= 4 is 23.1 Å². The predicted octanol–water partition coefficient (Wildman–Crippen LogP) is 3.12. The number of thiophene rings is 1. The molecular weight excluding hydrogens is 394 g/mol. The first-order valence-electron chi connectivity index (χ1n) is 9.95. The van der Waals surface area contributed by atoms with Gasteiger partial charge < -0.3 is 14.5 Å². The van der Waals surface area contributed by atoms with Crippen molar-refractivity contribution in [3.8, 4) is 0 Å². The molecule has 1 amide bonds. The number of hydrogen-bond acceptors (Lipinski definition) is 7. The average molecular weight is 420 g/mol. The summed E-state index contributed by atoms with van der Waals surface area (Å²) in [5, 5.41) is 16.0. The summed E-state index contributed by atoms with van der Waals surface area (Å²) in [4.78, 5) is 26.2. The van der Waals surface area contributed by atoms with Gasteiger partial charge in [0.1, 0.15) is 16.3 Å². The summed E-state index contributed by atoms with van der Waals surface area (Å²) < 4.78 is 11.6. The molecule has 8 nitrogen and oxygen atoms in total. The van der Waals surface area contributed by atoms with Crippen molar-refractivity contribution in [1.29, 1.82) is 0 Å². The second-order valence-electron chi connectivity index (χ2n) is 7.74. The maximum Gasteiger partial charge on any atom is 0.433 e. The summed E-state index contributed by atoms with van der Waals surface area (Å²) in [6, 6.07) is 6.94. The number of nitro groups is 1. The lowest BCUT2D eigenvalue weighted by Crippen LogP contribution is -2.64. The number of rotatable bonds is 6. The Bertz CT molecular complexity index is 848. The highest BCUT2D eigenvalue weighted by Gasteiger charge is 2.45. The van der Waals surface area contributed by atoms with Crippen molar-refractivity contribution in [3.63, 3.8) is 0 Å². The Balaban J connectivity index is 1.42. The van der Waals surface area contributed by atoms with Gasteiger partial charge >= 0.3 is 5.88 Å². The monoisotopic (exact) mass is 419 g/mol. The van der Waals surface area contributed by atoms with Gasteiger partial charge in [-0.05, 0) is 30.4 Å². The fraction of sp³-hybridized carbons (Fsp3) is 0.550. The van der Waals surface area contributed by atoms with E-state index in [1.54, 1.807) is 17.4 Å². The topological polar surface area (TPSA) is 97.9 Å². The van der Waals surface area contributed by atoms with Crippen molar-refractivity contribution in [2.45, 2.75) is 50.3 Å². The molecule has 3 heterocycles. The van der Waals surface area contributed by atoms with E-state index in [0.29, 0.717) is 31.9 Å². The van der Waals surface area contributed by atoms with E-state index in [1.165, 1.54) is 6.07 Å². The quantitative estimate of drug-likeness (QED) is 0.571. The Hall–Kier alpha value is -2.23. The Labute approximate surface area is 173 Å². The number of ether oxygens (including phenoxy) is 1. The molecule has 4 rings (SSSR count). The standard InChI is InChI=1S/C20H25N3O5S/c24-18(12-16-4-3-11-29-16)21-17-5-1-2-8-20(17)14-22(9-10-27-20)13-15-6-7-19(28-15)23(25)26/h3-4,6-7,11,17H,1-2,5,8-10,12-14H2,(H,21,24)/t17-,20+/m1/s1. The van der Waals surface area contributed by atoms with Crippen molar-refractivity contribution in [2.75, 3.05) is 19.7 Å². The highest BCUT2D eigenvalue weighted by molar-refractivity contribution is 7.10. The van der Waals surface area contributed by atoms with Gasteiger partial charge in [0.2, 0.25) is 5.91 Å². The van der Waals surface area contributed by atoms with Crippen LogP contribution in [0.5, 0.6) is 0 Å². The van der Waals surface area contributed by atoms with E-state index in [9.17, 15) is 14.9 Å². The number of furan rings is 1. The fourth-order valence-electron chi connectivity index (χ4n) is 4.38. The summed E-state index contributed by atoms with van der Waals surface area (Å²) in [7, 11) is 0. The number of carbonyl (C=O) groups excluding carboxylic acids is 1. The molecule has 0 aromatic carbocycles. The molecule has 2 aromatic heterocycles. The van der Waals surface area contributed by atoms with Crippen LogP contribution in [0.4, 0.5) is 5.88 Å². The summed E-state index contributed by atoms with van der Waals surface area (Å²) in [6.07, 6.45) is 4.32. The SMILES string of the molecule is O=C(Cc1cccs1)N[C@@H]1CCCC[C@]12CN(Cc1ccc([N+](=O)[O-])o1)CCO2. The third kappa shape index (κ3) is 4.68. The second kappa shape index (κ2) is 8.64. The maximum atomic E-state index is 12.6. The minimum atomic E-state index is -0.523. The van der Waals surface area contributed by atoms with Crippen LogP contribution in [0.2, 0.25) is 0 Å². The second-order valence-corrected chi connectivity index (χ2v) is 8.78. The minimum Gasteiger partial charge on any atom is -0.404 e. The molecule has 2 aromatic rings. The number of hydrogen-bond donors (Lipinski definition) is 1. The first-order chi connectivity index (χ1) is 14.0. The lowest BCUT2D eigenvalue weighted by Gasteiger charge is -2.49. The average Bonchev–Trinajstić information content (AvgIpc) is 3.36. The van der Waals surface area contributed by atoms with E-state index in [2.05, 4.69) is 10.2 Å². The zero-order chi connectivity index (χ0) is 20.3. The van der Waals surface area contributed by atoms with E-state index in [0.717, 1.165) is 37.1 Å². The van der Waals surface area contributed by atoms with Gasteiger partial charge in [-0.3, -0.25) is 19.8 Å². The summed E-state index contributed by atoms with van der Waals surface area (Å²) >= 11 is 1.59. The van der Waals surface area contributed by atoms with Crippen molar-refractivity contribution < 1.29 is 18.9 Å². The number of morpholine rings is 1. The summed E-state index contributed by atoms with van der Waals surface area (Å²) in [5.41, 5.74) is -0.417. The Kier molecular flexibility index (Phi) is 5.98. The van der Waals surface area contributed by atoms with Gasteiger partial charge in [0, 0.05) is 18.0 Å². The molecule has 1 saturated heterocycles. The summed E-state index contributed by atoms with van der Waals surface area (Å²) in [6.45, 7) is 2.46. The van der Waals surface area contributed by atoms with E-state index in [4.69, 9.17) is 9.15 Å². The summed E-state index contributed by atoms with van der Waals surface area (Å²) in [5.74, 6) is 0.364. The van der Waals surface area contributed by atoms with E-state index in [1.807, 2.05) is 17.5 Å². The Morgan fingerprint density at radius 1 is 1.38 bits per heavy atom. The van der Waals surface area contributed by atoms with Crippen LogP contribution in [0.15, 0.2) is 34.1 Å². The van der Waals surface area contributed by atoms with Crippen LogP contribution in [0.1, 0.15) is 36.3 Å². The van der Waals surface area contributed by atoms with E-state index >= 15 is 0 Å². The Morgan fingerprint density at radius 3 is 3.03 bits per heavy atom. The smallest absolute Gasteiger partial charge is 0.404 e. The number of nitrogens with one attached hydrogen (secondary N) is 1. The normalized spacial score (nSPS) is 25.2. The van der Waals surface area contributed by atoms with Crippen molar-refractivity contribution in [2.24, 2.45) is 0 Å².